The molecule has 7 heteroatoms. The van der Waals surface area contributed by atoms with Gasteiger partial charge in [0, 0.05) is 24.1 Å². The predicted molar refractivity (Wildman–Crippen MR) is 115 cm³/mol. The van der Waals surface area contributed by atoms with E-state index in [1.807, 2.05) is 0 Å². The Kier molecular flexibility index (Phi) is 8.96. The van der Waals surface area contributed by atoms with Crippen LogP contribution in [0.2, 0.25) is 0 Å². The number of aromatic nitrogens is 1. The van der Waals surface area contributed by atoms with Gasteiger partial charge in [-0.25, -0.2) is 0 Å². The molecule has 0 spiro atoms. The highest BCUT2D eigenvalue weighted by Gasteiger charge is 2.21. The molecule has 0 unspecified atom stereocenters. The lowest BCUT2D eigenvalue weighted by Crippen LogP contribution is -2.23. The summed E-state index contributed by atoms with van der Waals surface area (Å²) in [7, 11) is 1.45. The molecule has 0 saturated carbocycles. The summed E-state index contributed by atoms with van der Waals surface area (Å²) in [4.78, 5) is 23.9. The van der Waals surface area contributed by atoms with E-state index in [2.05, 4.69) is 13.8 Å². The van der Waals surface area contributed by atoms with Gasteiger partial charge in [0.25, 0.3) is 11.2 Å². The number of rotatable bonds is 13. The predicted octanol–water partition coefficient (Wildman–Crippen LogP) is 5.46. The maximum Gasteiger partial charge on any atom is 0.297 e. The molecule has 1 aromatic carbocycles. The Bertz CT molecular complexity index is 876. The SMILES string of the molecule is CCCCCCCCn1c(=O)c(OC)c(OCCCC)c2ccc([N+](=O)[O-])cc21. The minimum Gasteiger partial charge on any atom is -0.489 e. The molecule has 160 valence electrons. The average Bonchev–Trinajstić information content (AvgIpc) is 2.72. The molecule has 1 heterocycles. The van der Waals surface area contributed by atoms with Crippen molar-refractivity contribution in [2.75, 3.05) is 13.7 Å². The van der Waals surface area contributed by atoms with Crippen LogP contribution >= 0.6 is 0 Å². The van der Waals surface area contributed by atoms with Crippen LogP contribution in [0.3, 0.4) is 0 Å². The van der Waals surface area contributed by atoms with Crippen molar-refractivity contribution in [3.05, 3.63) is 38.7 Å². The highest BCUT2D eigenvalue weighted by molar-refractivity contribution is 5.89. The van der Waals surface area contributed by atoms with Crippen molar-refractivity contribution in [3.63, 3.8) is 0 Å². The van der Waals surface area contributed by atoms with Crippen molar-refractivity contribution in [2.24, 2.45) is 0 Å². The van der Waals surface area contributed by atoms with Gasteiger partial charge in [-0.2, -0.15) is 0 Å². The van der Waals surface area contributed by atoms with Crippen LogP contribution in [-0.2, 0) is 6.54 Å². The third-order valence-electron chi connectivity index (χ3n) is 5.06. The number of methoxy groups -OCH3 is 1. The fourth-order valence-corrected chi connectivity index (χ4v) is 3.41. The van der Waals surface area contributed by atoms with E-state index in [1.165, 1.54) is 38.5 Å². The molecule has 0 saturated heterocycles. The quantitative estimate of drug-likeness (QED) is 0.251. The molecule has 0 aliphatic heterocycles. The minimum atomic E-state index is -0.444. The maximum atomic E-state index is 13.1. The van der Waals surface area contributed by atoms with Gasteiger partial charge in [-0.3, -0.25) is 14.9 Å². The number of nitro benzene ring substituents is 1. The number of pyridine rings is 1. The summed E-state index contributed by atoms with van der Waals surface area (Å²) in [6, 6.07) is 4.54. The third-order valence-corrected chi connectivity index (χ3v) is 5.06. The number of aryl methyl sites for hydroxylation is 1. The van der Waals surface area contributed by atoms with Crippen molar-refractivity contribution in [3.8, 4) is 11.5 Å². The minimum absolute atomic E-state index is 0.0433. The van der Waals surface area contributed by atoms with E-state index in [9.17, 15) is 14.9 Å². The van der Waals surface area contributed by atoms with E-state index >= 15 is 0 Å². The molecule has 7 nitrogen and oxygen atoms in total. The van der Waals surface area contributed by atoms with Gasteiger partial charge >= 0.3 is 0 Å². The van der Waals surface area contributed by atoms with Crippen LogP contribution in [0.15, 0.2) is 23.0 Å². The molecule has 2 rings (SSSR count). The van der Waals surface area contributed by atoms with E-state index in [1.54, 1.807) is 10.6 Å². The summed E-state index contributed by atoms with van der Waals surface area (Å²) in [6.45, 7) is 5.18. The standard InChI is InChI=1S/C22H32N2O5/c1-4-6-8-9-10-11-14-23-19-16-17(24(26)27)12-13-18(19)20(29-15-7-5-2)21(28-3)22(23)25/h12-13,16H,4-11,14-15H2,1-3H3. The van der Waals surface area contributed by atoms with Gasteiger partial charge in [0.15, 0.2) is 5.75 Å². The Hall–Kier alpha value is -2.57. The van der Waals surface area contributed by atoms with Crippen LogP contribution in [0, 0.1) is 10.1 Å². The van der Waals surface area contributed by atoms with Crippen molar-refractivity contribution < 1.29 is 14.4 Å². The molecular weight excluding hydrogens is 372 g/mol. The number of ether oxygens (including phenoxy) is 2. The van der Waals surface area contributed by atoms with Crippen LogP contribution in [-0.4, -0.2) is 23.2 Å². The lowest BCUT2D eigenvalue weighted by atomic mass is 10.1. The first-order valence-corrected chi connectivity index (χ1v) is 10.6. The summed E-state index contributed by atoms with van der Waals surface area (Å²) >= 11 is 0. The fourth-order valence-electron chi connectivity index (χ4n) is 3.41. The molecule has 0 radical (unpaired) electrons. The van der Waals surface area contributed by atoms with Gasteiger partial charge in [0.2, 0.25) is 5.75 Å². The Balaban J connectivity index is 2.45. The smallest absolute Gasteiger partial charge is 0.297 e. The third kappa shape index (κ3) is 5.71. The molecule has 1 aromatic heterocycles. The largest absolute Gasteiger partial charge is 0.489 e. The zero-order chi connectivity index (χ0) is 21.2. The number of fused-ring (bicyclic) bond motifs is 1. The molecule has 0 bridgehead atoms. The van der Waals surface area contributed by atoms with Gasteiger partial charge < -0.3 is 14.0 Å². The van der Waals surface area contributed by atoms with Gasteiger partial charge in [-0.1, -0.05) is 52.4 Å². The first kappa shape index (κ1) is 22.7. The first-order chi connectivity index (χ1) is 14.0. The van der Waals surface area contributed by atoms with Gasteiger partial charge in [-0.15, -0.1) is 0 Å². The van der Waals surface area contributed by atoms with Gasteiger partial charge in [-0.05, 0) is 18.9 Å². The molecule has 0 amide bonds. The number of nitro groups is 1. The summed E-state index contributed by atoms with van der Waals surface area (Å²) in [5, 5.41) is 11.9. The summed E-state index contributed by atoms with van der Waals surface area (Å²) in [5.74, 6) is 0.531. The van der Waals surface area contributed by atoms with Crippen LogP contribution in [0.1, 0.15) is 65.2 Å². The molecule has 29 heavy (non-hydrogen) atoms. The molecule has 2 aromatic rings. The zero-order valence-corrected chi connectivity index (χ0v) is 17.7. The van der Waals surface area contributed by atoms with E-state index in [-0.39, 0.29) is 17.0 Å². The second-order valence-electron chi connectivity index (χ2n) is 7.25. The molecule has 0 fully saturated rings. The van der Waals surface area contributed by atoms with Crippen molar-refractivity contribution in [2.45, 2.75) is 71.8 Å². The average molecular weight is 405 g/mol. The van der Waals surface area contributed by atoms with E-state index in [0.717, 1.165) is 32.1 Å². The number of benzene rings is 1. The second-order valence-corrected chi connectivity index (χ2v) is 7.25. The number of non-ortho nitro benzene ring substituents is 1. The Morgan fingerprint density at radius 1 is 1.00 bits per heavy atom. The fraction of sp³-hybridized carbons (Fsp3) is 0.591. The van der Waals surface area contributed by atoms with Crippen LogP contribution in [0.4, 0.5) is 5.69 Å². The molecule has 0 N–H and O–H groups in total. The number of hydrogen-bond acceptors (Lipinski definition) is 5. The normalized spacial score (nSPS) is 11.0. The summed E-state index contributed by atoms with van der Waals surface area (Å²) in [5.41, 5.74) is 0.170. The topological polar surface area (TPSA) is 83.6 Å². The van der Waals surface area contributed by atoms with Crippen LogP contribution < -0.4 is 15.0 Å². The van der Waals surface area contributed by atoms with Crippen molar-refractivity contribution >= 4 is 16.6 Å². The Morgan fingerprint density at radius 2 is 1.69 bits per heavy atom. The monoisotopic (exact) mass is 404 g/mol. The van der Waals surface area contributed by atoms with Crippen LogP contribution in [0.5, 0.6) is 11.5 Å². The van der Waals surface area contributed by atoms with Gasteiger partial charge in [0.1, 0.15) is 0 Å². The second kappa shape index (κ2) is 11.4. The van der Waals surface area contributed by atoms with Crippen molar-refractivity contribution in [1.82, 2.24) is 4.57 Å². The lowest BCUT2D eigenvalue weighted by molar-refractivity contribution is -0.384. The van der Waals surface area contributed by atoms with E-state index < -0.39 is 4.92 Å². The van der Waals surface area contributed by atoms with Gasteiger partial charge in [0.05, 0.1) is 24.2 Å². The summed E-state index contributed by atoms with van der Waals surface area (Å²) < 4.78 is 12.9. The van der Waals surface area contributed by atoms with Crippen molar-refractivity contribution in [1.29, 1.82) is 0 Å². The number of nitrogens with zero attached hydrogens (tertiary/aromatic N) is 2. The number of hydrogen-bond donors (Lipinski definition) is 0. The zero-order valence-electron chi connectivity index (χ0n) is 17.7. The summed E-state index contributed by atoms with van der Waals surface area (Å²) in [6.07, 6.45) is 8.36. The maximum absolute atomic E-state index is 13.1. The molecule has 0 atom stereocenters. The lowest BCUT2D eigenvalue weighted by Gasteiger charge is -2.17. The molecular formula is C22H32N2O5. The Morgan fingerprint density at radius 3 is 2.34 bits per heavy atom. The molecule has 0 aliphatic carbocycles. The van der Waals surface area contributed by atoms with E-state index in [4.69, 9.17) is 9.47 Å². The number of unbranched alkanes of at least 4 members (excludes halogenated alkanes) is 6. The highest BCUT2D eigenvalue weighted by Crippen LogP contribution is 2.34. The molecule has 0 aliphatic rings. The highest BCUT2D eigenvalue weighted by atomic mass is 16.6. The first-order valence-electron chi connectivity index (χ1n) is 10.6. The Labute approximate surface area is 171 Å². The van der Waals surface area contributed by atoms with Crippen LogP contribution in [0.25, 0.3) is 10.9 Å². The van der Waals surface area contributed by atoms with E-state index in [0.29, 0.717) is 29.8 Å².